The maximum absolute atomic E-state index is 5.36. The first kappa shape index (κ1) is 20.7. The molecule has 0 spiro atoms. The largest absolute Gasteiger partial charge is 0.380 e. The number of nitrogens with zero attached hydrogens (tertiary/aromatic N) is 2. The van der Waals surface area contributed by atoms with Crippen molar-refractivity contribution in [2.75, 3.05) is 39.4 Å². The van der Waals surface area contributed by atoms with Gasteiger partial charge < -0.3 is 15.4 Å². The van der Waals surface area contributed by atoms with Crippen LogP contribution in [0.1, 0.15) is 50.7 Å². The molecule has 0 aromatic heterocycles. The quantitative estimate of drug-likeness (QED) is 0.403. The third kappa shape index (κ3) is 8.19. The lowest BCUT2D eigenvalue weighted by atomic mass is 10.1. The molecule has 0 aliphatic carbocycles. The Bertz CT molecular complexity index is 507. The SMILES string of the molecule is CCNC(=NCc1ccc(CN2CCCCCC2)cc1)NCCOCC. The van der Waals surface area contributed by atoms with Crippen molar-refractivity contribution >= 4 is 5.96 Å². The average Bonchev–Trinajstić information content (AvgIpc) is 2.93. The van der Waals surface area contributed by atoms with Crippen LogP contribution < -0.4 is 10.6 Å². The van der Waals surface area contributed by atoms with Crippen LogP contribution in [0.2, 0.25) is 0 Å². The summed E-state index contributed by atoms with van der Waals surface area (Å²) in [6, 6.07) is 8.93. The van der Waals surface area contributed by atoms with Gasteiger partial charge in [0.1, 0.15) is 0 Å². The lowest BCUT2D eigenvalue weighted by molar-refractivity contribution is 0.152. The summed E-state index contributed by atoms with van der Waals surface area (Å²) in [5.74, 6) is 0.848. The van der Waals surface area contributed by atoms with E-state index in [9.17, 15) is 0 Å². The Morgan fingerprint density at radius 2 is 1.69 bits per heavy atom. The lowest BCUT2D eigenvalue weighted by Gasteiger charge is -2.19. The highest BCUT2D eigenvalue weighted by Crippen LogP contribution is 2.14. The van der Waals surface area contributed by atoms with E-state index in [4.69, 9.17) is 4.74 Å². The van der Waals surface area contributed by atoms with Crippen LogP contribution >= 0.6 is 0 Å². The number of hydrogen-bond donors (Lipinski definition) is 2. The second-order valence-electron chi connectivity index (χ2n) is 6.83. The zero-order chi connectivity index (χ0) is 18.5. The van der Waals surface area contributed by atoms with E-state index in [1.807, 2.05) is 6.92 Å². The normalized spacial score (nSPS) is 16.3. The van der Waals surface area contributed by atoms with Gasteiger partial charge in [-0.15, -0.1) is 0 Å². The average molecular weight is 361 g/mol. The van der Waals surface area contributed by atoms with Gasteiger partial charge in [0.05, 0.1) is 13.2 Å². The van der Waals surface area contributed by atoms with Crippen LogP contribution in [0.4, 0.5) is 0 Å². The second-order valence-corrected chi connectivity index (χ2v) is 6.83. The molecule has 1 aliphatic heterocycles. The Balaban J connectivity index is 1.81. The first-order valence-corrected chi connectivity index (χ1v) is 10.2. The second kappa shape index (κ2) is 12.7. The van der Waals surface area contributed by atoms with Crippen molar-refractivity contribution in [3.05, 3.63) is 35.4 Å². The number of benzene rings is 1. The van der Waals surface area contributed by atoms with Crippen molar-refractivity contribution in [1.29, 1.82) is 0 Å². The monoisotopic (exact) mass is 360 g/mol. The Hall–Kier alpha value is -1.59. The van der Waals surface area contributed by atoms with Gasteiger partial charge in [0.25, 0.3) is 0 Å². The first-order chi connectivity index (χ1) is 12.8. The van der Waals surface area contributed by atoms with Gasteiger partial charge in [-0.05, 0) is 50.9 Å². The maximum atomic E-state index is 5.36. The van der Waals surface area contributed by atoms with Gasteiger partial charge in [-0.2, -0.15) is 0 Å². The zero-order valence-electron chi connectivity index (χ0n) is 16.6. The van der Waals surface area contributed by atoms with Gasteiger partial charge in [-0.25, -0.2) is 4.99 Å². The van der Waals surface area contributed by atoms with E-state index in [1.54, 1.807) is 0 Å². The zero-order valence-corrected chi connectivity index (χ0v) is 16.6. The minimum atomic E-state index is 0.688. The molecule has 2 rings (SSSR count). The van der Waals surface area contributed by atoms with Gasteiger partial charge in [-0.3, -0.25) is 4.90 Å². The highest BCUT2D eigenvalue weighted by Gasteiger charge is 2.09. The standard InChI is InChI=1S/C21H36N4O/c1-3-22-21(23-13-16-26-4-2)24-17-19-9-11-20(12-10-19)18-25-14-7-5-6-8-15-25/h9-12H,3-8,13-18H2,1-2H3,(H2,22,23,24). The predicted molar refractivity (Wildman–Crippen MR) is 109 cm³/mol. The van der Waals surface area contributed by atoms with E-state index in [2.05, 4.69) is 51.7 Å². The third-order valence-electron chi connectivity index (χ3n) is 4.63. The summed E-state index contributed by atoms with van der Waals surface area (Å²) in [6.07, 6.45) is 5.47. The molecular formula is C21H36N4O. The molecular weight excluding hydrogens is 324 g/mol. The Kier molecular flexibility index (Phi) is 10.1. The fourth-order valence-corrected chi connectivity index (χ4v) is 3.20. The van der Waals surface area contributed by atoms with Crippen LogP contribution in [0.3, 0.4) is 0 Å². The molecule has 0 bridgehead atoms. The molecule has 0 amide bonds. The Morgan fingerprint density at radius 1 is 1.00 bits per heavy atom. The summed E-state index contributed by atoms with van der Waals surface area (Å²) in [4.78, 5) is 7.26. The Labute approximate surface area is 159 Å². The molecule has 1 fully saturated rings. The molecule has 1 aromatic carbocycles. The van der Waals surface area contributed by atoms with Crippen LogP contribution in [-0.4, -0.2) is 50.3 Å². The summed E-state index contributed by atoms with van der Waals surface area (Å²) in [5.41, 5.74) is 2.65. The summed E-state index contributed by atoms with van der Waals surface area (Å²) in [5, 5.41) is 6.58. The predicted octanol–water partition coefficient (Wildman–Crippen LogP) is 3.15. The highest BCUT2D eigenvalue weighted by atomic mass is 16.5. The van der Waals surface area contributed by atoms with Crippen LogP contribution in [-0.2, 0) is 17.8 Å². The van der Waals surface area contributed by atoms with Crippen LogP contribution in [0.15, 0.2) is 29.3 Å². The third-order valence-corrected chi connectivity index (χ3v) is 4.63. The number of likely N-dealkylation sites (tertiary alicyclic amines) is 1. The van der Waals surface area contributed by atoms with Crippen molar-refractivity contribution in [1.82, 2.24) is 15.5 Å². The summed E-state index contributed by atoms with van der Waals surface area (Å²) in [7, 11) is 0. The molecule has 1 aromatic rings. The molecule has 5 heteroatoms. The van der Waals surface area contributed by atoms with E-state index in [0.29, 0.717) is 13.2 Å². The molecule has 2 N–H and O–H groups in total. The number of ether oxygens (including phenoxy) is 1. The first-order valence-electron chi connectivity index (χ1n) is 10.2. The van der Waals surface area contributed by atoms with E-state index < -0.39 is 0 Å². The number of guanidine groups is 1. The van der Waals surface area contributed by atoms with Gasteiger partial charge in [-0.1, -0.05) is 37.1 Å². The van der Waals surface area contributed by atoms with Crippen molar-refractivity contribution in [3.63, 3.8) is 0 Å². The van der Waals surface area contributed by atoms with Gasteiger partial charge >= 0.3 is 0 Å². The number of aliphatic imine (C=N–C) groups is 1. The van der Waals surface area contributed by atoms with Crippen molar-refractivity contribution in [2.45, 2.75) is 52.6 Å². The van der Waals surface area contributed by atoms with E-state index >= 15 is 0 Å². The lowest BCUT2D eigenvalue weighted by Crippen LogP contribution is -2.39. The highest BCUT2D eigenvalue weighted by molar-refractivity contribution is 5.79. The molecule has 146 valence electrons. The molecule has 0 radical (unpaired) electrons. The van der Waals surface area contributed by atoms with Crippen molar-refractivity contribution < 1.29 is 4.74 Å². The molecule has 0 unspecified atom stereocenters. The molecule has 26 heavy (non-hydrogen) atoms. The number of hydrogen-bond acceptors (Lipinski definition) is 3. The molecule has 1 heterocycles. The van der Waals surface area contributed by atoms with Crippen LogP contribution in [0.5, 0.6) is 0 Å². The van der Waals surface area contributed by atoms with E-state index in [1.165, 1.54) is 49.9 Å². The molecule has 5 nitrogen and oxygen atoms in total. The van der Waals surface area contributed by atoms with Crippen LogP contribution in [0, 0.1) is 0 Å². The minimum absolute atomic E-state index is 0.688. The van der Waals surface area contributed by atoms with E-state index in [0.717, 1.165) is 32.2 Å². The summed E-state index contributed by atoms with van der Waals surface area (Å²) >= 11 is 0. The molecule has 1 aliphatic rings. The van der Waals surface area contributed by atoms with E-state index in [-0.39, 0.29) is 0 Å². The Morgan fingerprint density at radius 3 is 2.35 bits per heavy atom. The van der Waals surface area contributed by atoms with Gasteiger partial charge in [0.15, 0.2) is 5.96 Å². The van der Waals surface area contributed by atoms with Crippen molar-refractivity contribution in [3.8, 4) is 0 Å². The smallest absolute Gasteiger partial charge is 0.191 e. The molecule has 0 saturated carbocycles. The number of rotatable bonds is 9. The summed E-state index contributed by atoms with van der Waals surface area (Å²) < 4.78 is 5.36. The van der Waals surface area contributed by atoms with Gasteiger partial charge in [0.2, 0.25) is 0 Å². The summed E-state index contributed by atoms with van der Waals surface area (Å²) in [6.45, 7) is 11.4. The fraction of sp³-hybridized carbons (Fsp3) is 0.667. The maximum Gasteiger partial charge on any atom is 0.191 e. The number of nitrogens with one attached hydrogen (secondary N) is 2. The topological polar surface area (TPSA) is 48.9 Å². The van der Waals surface area contributed by atoms with Gasteiger partial charge in [0, 0.05) is 26.2 Å². The molecule has 1 saturated heterocycles. The van der Waals surface area contributed by atoms with Crippen molar-refractivity contribution in [2.24, 2.45) is 4.99 Å². The fourth-order valence-electron chi connectivity index (χ4n) is 3.20. The van der Waals surface area contributed by atoms with Crippen LogP contribution in [0.25, 0.3) is 0 Å². The minimum Gasteiger partial charge on any atom is -0.380 e. The molecule has 0 atom stereocenters.